The molecule has 2 fully saturated rings. The second-order valence-corrected chi connectivity index (χ2v) is 7.86. The molecule has 1 heteroatoms. The second kappa shape index (κ2) is 6.12. The molecule has 0 radical (unpaired) electrons. The average Bonchev–Trinajstić information content (AvgIpc) is 2.45. The topological polar surface area (TPSA) is 20.2 Å². The Kier molecular flexibility index (Phi) is 4.82. The Bertz CT molecular complexity index is 447. The predicted octanol–water partition coefficient (Wildman–Crippen LogP) is 5.28. The molecule has 0 unspecified atom stereocenters. The van der Waals surface area contributed by atoms with Crippen LogP contribution in [0.25, 0.3) is 0 Å². The second-order valence-electron chi connectivity index (χ2n) is 7.86. The molecule has 2 rings (SSSR count). The third-order valence-electron chi connectivity index (χ3n) is 6.50. The van der Waals surface area contributed by atoms with Crippen molar-refractivity contribution < 1.29 is 5.11 Å². The fourth-order valence-corrected chi connectivity index (χ4v) is 5.10. The van der Waals surface area contributed by atoms with E-state index < -0.39 is 0 Å². The van der Waals surface area contributed by atoms with Crippen molar-refractivity contribution in [2.24, 2.45) is 22.7 Å². The molecule has 0 saturated heterocycles. The van der Waals surface area contributed by atoms with E-state index in [0.717, 1.165) is 12.8 Å². The molecule has 2 saturated carbocycles. The molecule has 118 valence electrons. The molecule has 2 aliphatic rings. The molecule has 0 spiro atoms. The largest absolute Gasteiger partial charge is 0.396 e. The van der Waals surface area contributed by atoms with Crippen molar-refractivity contribution in [1.82, 2.24) is 0 Å². The van der Waals surface area contributed by atoms with Gasteiger partial charge in [0.1, 0.15) is 0 Å². The molecule has 4 atom stereocenters. The minimum absolute atomic E-state index is 0.100. The van der Waals surface area contributed by atoms with Crippen LogP contribution in [0.4, 0.5) is 0 Å². The molecule has 2 aliphatic carbocycles. The predicted molar refractivity (Wildman–Crippen MR) is 91.1 cm³/mol. The third-order valence-corrected chi connectivity index (χ3v) is 6.50. The zero-order valence-corrected chi connectivity index (χ0v) is 14.1. The van der Waals surface area contributed by atoms with Gasteiger partial charge in [-0.25, -0.2) is 0 Å². The van der Waals surface area contributed by atoms with Crippen LogP contribution in [0.1, 0.15) is 59.3 Å². The van der Waals surface area contributed by atoms with E-state index in [1.807, 2.05) is 6.08 Å². The maximum atomic E-state index is 9.96. The summed E-state index contributed by atoms with van der Waals surface area (Å²) in [6.07, 6.45) is 11.3. The number of allylic oxidation sites excluding steroid dienone is 4. The van der Waals surface area contributed by atoms with Gasteiger partial charge in [-0.2, -0.15) is 0 Å². The Balaban J connectivity index is 2.31. The lowest BCUT2D eigenvalue weighted by Gasteiger charge is -2.58. The van der Waals surface area contributed by atoms with E-state index in [0.29, 0.717) is 23.9 Å². The van der Waals surface area contributed by atoms with Gasteiger partial charge in [0.2, 0.25) is 0 Å². The van der Waals surface area contributed by atoms with Crippen molar-refractivity contribution in [3.63, 3.8) is 0 Å². The van der Waals surface area contributed by atoms with Gasteiger partial charge in [0.25, 0.3) is 0 Å². The molecule has 0 aromatic carbocycles. The molecule has 0 aromatic heterocycles. The quantitative estimate of drug-likeness (QED) is 0.551. The van der Waals surface area contributed by atoms with Gasteiger partial charge in [0.05, 0.1) is 0 Å². The van der Waals surface area contributed by atoms with Crippen LogP contribution in [0.15, 0.2) is 36.5 Å². The number of fused-ring (bicyclic) bond motifs is 1. The Labute approximate surface area is 130 Å². The molecular weight excluding hydrogens is 256 g/mol. The van der Waals surface area contributed by atoms with Gasteiger partial charge < -0.3 is 5.11 Å². The van der Waals surface area contributed by atoms with Gasteiger partial charge in [-0.1, -0.05) is 56.7 Å². The molecule has 0 aromatic rings. The smallest absolute Gasteiger partial charge is 0.0487 e. The molecule has 0 bridgehead atoms. The van der Waals surface area contributed by atoms with Crippen LogP contribution in [0.3, 0.4) is 0 Å². The van der Waals surface area contributed by atoms with Crippen LogP contribution in [0.2, 0.25) is 0 Å². The van der Waals surface area contributed by atoms with Crippen LogP contribution in [-0.2, 0) is 0 Å². The maximum absolute atomic E-state index is 9.96. The molecule has 1 N–H and O–H groups in total. The summed E-state index contributed by atoms with van der Waals surface area (Å²) < 4.78 is 0. The molecular formula is C20H32O. The number of rotatable bonds is 4. The number of aliphatic hydroxyl groups is 1. The first-order valence-corrected chi connectivity index (χ1v) is 8.45. The number of aliphatic hydroxyl groups excluding tert-OH is 1. The summed E-state index contributed by atoms with van der Waals surface area (Å²) in [4.78, 5) is 0. The molecule has 0 amide bonds. The highest BCUT2D eigenvalue weighted by atomic mass is 16.3. The van der Waals surface area contributed by atoms with Crippen LogP contribution in [0, 0.1) is 22.7 Å². The van der Waals surface area contributed by atoms with E-state index in [9.17, 15) is 5.11 Å². The summed E-state index contributed by atoms with van der Waals surface area (Å²) in [5.41, 5.74) is 3.07. The fourth-order valence-electron chi connectivity index (χ4n) is 5.10. The minimum atomic E-state index is 0.100. The summed E-state index contributed by atoms with van der Waals surface area (Å²) in [5, 5.41) is 9.96. The molecule has 21 heavy (non-hydrogen) atoms. The lowest BCUT2D eigenvalue weighted by molar-refractivity contribution is -0.0837. The van der Waals surface area contributed by atoms with E-state index in [4.69, 9.17) is 0 Å². The zero-order valence-electron chi connectivity index (χ0n) is 14.1. The van der Waals surface area contributed by atoms with Crippen LogP contribution < -0.4 is 0 Å². The van der Waals surface area contributed by atoms with E-state index >= 15 is 0 Å². The number of hydrogen-bond acceptors (Lipinski definition) is 1. The first-order chi connectivity index (χ1) is 9.87. The summed E-state index contributed by atoms with van der Waals surface area (Å²) in [7, 11) is 0. The van der Waals surface area contributed by atoms with Crippen molar-refractivity contribution in [2.45, 2.75) is 59.3 Å². The third kappa shape index (κ3) is 2.90. The van der Waals surface area contributed by atoms with E-state index in [2.05, 4.69) is 40.0 Å². The first-order valence-electron chi connectivity index (χ1n) is 8.45. The van der Waals surface area contributed by atoms with Gasteiger partial charge in [0.15, 0.2) is 0 Å². The van der Waals surface area contributed by atoms with E-state index in [1.54, 1.807) is 0 Å². The monoisotopic (exact) mass is 288 g/mol. The van der Waals surface area contributed by atoms with Crippen molar-refractivity contribution in [2.75, 3.05) is 6.61 Å². The van der Waals surface area contributed by atoms with Gasteiger partial charge in [-0.3, -0.25) is 0 Å². The average molecular weight is 288 g/mol. The van der Waals surface area contributed by atoms with Crippen LogP contribution >= 0.6 is 0 Å². The molecule has 0 aliphatic heterocycles. The highest BCUT2D eigenvalue weighted by Crippen LogP contribution is 2.61. The SMILES string of the molecule is C=C/C(C)=C\C[C@@H]1C(=C)CC[C@@H]2[C@@](C)(CO)CCC[C@@]12C. The summed E-state index contributed by atoms with van der Waals surface area (Å²) >= 11 is 0. The Morgan fingerprint density at radius 2 is 2.10 bits per heavy atom. The van der Waals surface area contributed by atoms with Crippen LogP contribution in [-0.4, -0.2) is 11.7 Å². The van der Waals surface area contributed by atoms with Gasteiger partial charge in [-0.15, -0.1) is 0 Å². The highest BCUT2D eigenvalue weighted by molar-refractivity contribution is 5.20. The summed E-state index contributed by atoms with van der Waals surface area (Å²) in [6, 6.07) is 0. The van der Waals surface area contributed by atoms with E-state index in [1.165, 1.54) is 36.8 Å². The van der Waals surface area contributed by atoms with Gasteiger partial charge in [-0.05, 0) is 61.7 Å². The highest BCUT2D eigenvalue weighted by Gasteiger charge is 2.53. The summed E-state index contributed by atoms with van der Waals surface area (Å²) in [5.74, 6) is 1.18. The Morgan fingerprint density at radius 1 is 1.38 bits per heavy atom. The maximum Gasteiger partial charge on any atom is 0.0487 e. The van der Waals surface area contributed by atoms with Gasteiger partial charge in [0, 0.05) is 6.61 Å². The Hall–Kier alpha value is -0.820. The lowest BCUT2D eigenvalue weighted by Crippen LogP contribution is -2.51. The molecule has 1 nitrogen and oxygen atoms in total. The van der Waals surface area contributed by atoms with Crippen molar-refractivity contribution in [3.8, 4) is 0 Å². The van der Waals surface area contributed by atoms with E-state index in [-0.39, 0.29) is 5.41 Å². The lowest BCUT2D eigenvalue weighted by atomic mass is 9.47. The normalized spacial score (nSPS) is 40.8. The van der Waals surface area contributed by atoms with Crippen molar-refractivity contribution in [3.05, 3.63) is 36.5 Å². The minimum Gasteiger partial charge on any atom is -0.396 e. The Morgan fingerprint density at radius 3 is 2.71 bits per heavy atom. The van der Waals surface area contributed by atoms with Gasteiger partial charge >= 0.3 is 0 Å². The fraction of sp³-hybridized carbons (Fsp3) is 0.700. The van der Waals surface area contributed by atoms with Crippen molar-refractivity contribution in [1.29, 1.82) is 0 Å². The zero-order chi connectivity index (χ0) is 15.7. The number of hydrogen-bond donors (Lipinski definition) is 1. The summed E-state index contributed by atoms with van der Waals surface area (Å²) in [6.45, 7) is 15.4. The first kappa shape index (κ1) is 16.5. The molecule has 0 heterocycles. The van der Waals surface area contributed by atoms with Crippen molar-refractivity contribution >= 4 is 0 Å². The standard InChI is InChI=1S/C20H32O/c1-6-15(2)8-10-17-16(3)9-11-18-19(4,14-21)12-7-13-20(17,18)5/h6,8,17-18,21H,1,3,7,9-14H2,2,4-5H3/b15-8-/t17-,18-,19-,20+/m1/s1. The van der Waals surface area contributed by atoms with Crippen LogP contribution in [0.5, 0.6) is 0 Å².